The molecule has 1 saturated heterocycles. The third kappa shape index (κ3) is 4.51. The lowest BCUT2D eigenvalue weighted by atomic mass is 10.2. The van der Waals surface area contributed by atoms with E-state index in [0.29, 0.717) is 16.5 Å². The van der Waals surface area contributed by atoms with Crippen LogP contribution in [0.3, 0.4) is 0 Å². The minimum atomic E-state index is -0.337. The van der Waals surface area contributed by atoms with Gasteiger partial charge in [-0.05, 0) is 61.4 Å². The summed E-state index contributed by atoms with van der Waals surface area (Å²) < 4.78 is 14.4. The zero-order valence-corrected chi connectivity index (χ0v) is 16.5. The Bertz CT molecular complexity index is 983. The van der Waals surface area contributed by atoms with Crippen molar-refractivity contribution in [3.63, 3.8) is 0 Å². The molecule has 1 fully saturated rings. The van der Waals surface area contributed by atoms with E-state index in [0.717, 1.165) is 18.8 Å². The highest BCUT2D eigenvalue weighted by Gasteiger charge is 2.15. The van der Waals surface area contributed by atoms with Crippen molar-refractivity contribution in [2.24, 2.45) is 0 Å². The second-order valence-electron chi connectivity index (χ2n) is 6.76. The molecule has 1 aliphatic rings. The van der Waals surface area contributed by atoms with Crippen LogP contribution in [-0.4, -0.2) is 39.6 Å². The van der Waals surface area contributed by atoms with Crippen LogP contribution in [0.5, 0.6) is 0 Å². The van der Waals surface area contributed by atoms with Crippen LogP contribution in [0.1, 0.15) is 12.8 Å². The molecule has 0 aliphatic carbocycles. The highest BCUT2D eigenvalue weighted by Crippen LogP contribution is 2.24. The van der Waals surface area contributed by atoms with Gasteiger partial charge in [-0.3, -0.25) is 4.79 Å². The molecule has 0 spiro atoms. The minimum Gasteiger partial charge on any atom is -0.372 e. The number of carbonyl (C=O) groups is 1. The van der Waals surface area contributed by atoms with Gasteiger partial charge < -0.3 is 16.1 Å². The van der Waals surface area contributed by atoms with Crippen molar-refractivity contribution in [2.75, 3.05) is 34.9 Å². The predicted octanol–water partition coefficient (Wildman–Crippen LogP) is 3.13. The van der Waals surface area contributed by atoms with E-state index < -0.39 is 0 Å². The van der Waals surface area contributed by atoms with Gasteiger partial charge in [-0.2, -0.15) is 0 Å². The van der Waals surface area contributed by atoms with Crippen LogP contribution in [0.2, 0.25) is 0 Å². The number of nitrogens with one attached hydrogen (secondary N) is 1. The summed E-state index contributed by atoms with van der Waals surface area (Å²) in [6, 6.07) is 13.7. The summed E-state index contributed by atoms with van der Waals surface area (Å²) in [4.78, 5) is 14.6. The molecule has 1 amide bonds. The van der Waals surface area contributed by atoms with Gasteiger partial charge in [0.2, 0.25) is 11.1 Å². The lowest BCUT2D eigenvalue weighted by molar-refractivity contribution is -0.113. The molecule has 3 aromatic rings. The normalized spacial score (nSPS) is 13.6. The fourth-order valence-electron chi connectivity index (χ4n) is 3.23. The quantitative estimate of drug-likeness (QED) is 0.478. The third-order valence-electron chi connectivity index (χ3n) is 4.72. The summed E-state index contributed by atoms with van der Waals surface area (Å²) in [5, 5.41) is 11.3. The molecular formula is C20H21FN6OS. The highest BCUT2D eigenvalue weighted by atomic mass is 32.2. The van der Waals surface area contributed by atoms with Gasteiger partial charge >= 0.3 is 0 Å². The maximum atomic E-state index is 13.1. The van der Waals surface area contributed by atoms with E-state index in [4.69, 9.17) is 5.84 Å². The maximum absolute atomic E-state index is 13.1. The number of carbonyl (C=O) groups excluding carboxylic acids is 1. The van der Waals surface area contributed by atoms with Crippen LogP contribution in [0.4, 0.5) is 15.8 Å². The van der Waals surface area contributed by atoms with Crippen LogP contribution in [-0.2, 0) is 4.79 Å². The third-order valence-corrected chi connectivity index (χ3v) is 5.66. The number of halogens is 1. The molecule has 1 aliphatic heterocycles. The fourth-order valence-corrected chi connectivity index (χ4v) is 3.89. The SMILES string of the molecule is Nn1c(SCC(=O)Nc2ccc(N3CCCC3)cc2)nnc1-c1ccc(F)cc1. The molecule has 29 heavy (non-hydrogen) atoms. The van der Waals surface area contributed by atoms with Gasteiger partial charge in [0.25, 0.3) is 0 Å². The number of nitrogens with two attached hydrogens (primary N) is 1. The van der Waals surface area contributed by atoms with Crippen molar-refractivity contribution < 1.29 is 9.18 Å². The average molecular weight is 412 g/mol. The number of nitrogens with zero attached hydrogens (tertiary/aromatic N) is 4. The zero-order valence-electron chi connectivity index (χ0n) is 15.7. The van der Waals surface area contributed by atoms with Gasteiger partial charge in [-0.25, -0.2) is 9.07 Å². The van der Waals surface area contributed by atoms with Crippen molar-refractivity contribution in [2.45, 2.75) is 18.0 Å². The number of nitrogen functional groups attached to an aromatic ring is 1. The highest BCUT2D eigenvalue weighted by molar-refractivity contribution is 7.99. The summed E-state index contributed by atoms with van der Waals surface area (Å²) in [5.41, 5.74) is 2.58. The summed E-state index contributed by atoms with van der Waals surface area (Å²) in [7, 11) is 0. The number of rotatable bonds is 6. The van der Waals surface area contributed by atoms with Crippen LogP contribution in [0, 0.1) is 5.82 Å². The van der Waals surface area contributed by atoms with Crippen molar-refractivity contribution in [3.05, 3.63) is 54.3 Å². The van der Waals surface area contributed by atoms with Gasteiger partial charge in [-0.15, -0.1) is 10.2 Å². The lowest BCUT2D eigenvalue weighted by Gasteiger charge is -2.17. The van der Waals surface area contributed by atoms with Crippen molar-refractivity contribution in [3.8, 4) is 11.4 Å². The van der Waals surface area contributed by atoms with Gasteiger partial charge in [-0.1, -0.05) is 11.8 Å². The van der Waals surface area contributed by atoms with Crippen LogP contribution in [0.15, 0.2) is 53.7 Å². The molecule has 7 nitrogen and oxygen atoms in total. The topological polar surface area (TPSA) is 89.1 Å². The molecule has 2 aromatic carbocycles. The Labute approximate surface area is 172 Å². The summed E-state index contributed by atoms with van der Waals surface area (Å²) >= 11 is 1.19. The smallest absolute Gasteiger partial charge is 0.234 e. The van der Waals surface area contributed by atoms with E-state index in [1.165, 1.54) is 47.1 Å². The molecule has 150 valence electrons. The number of anilines is 2. The Morgan fingerprint density at radius 1 is 1.07 bits per heavy atom. The molecule has 1 aromatic heterocycles. The van der Waals surface area contributed by atoms with Crippen LogP contribution >= 0.6 is 11.8 Å². The molecule has 0 unspecified atom stereocenters. The average Bonchev–Trinajstić information content (AvgIpc) is 3.38. The molecule has 0 atom stereocenters. The van der Waals surface area contributed by atoms with Gasteiger partial charge in [0.05, 0.1) is 5.75 Å². The van der Waals surface area contributed by atoms with Crippen molar-refractivity contribution in [1.29, 1.82) is 0 Å². The first-order chi connectivity index (χ1) is 14.1. The Morgan fingerprint density at radius 2 is 1.76 bits per heavy atom. The number of benzene rings is 2. The van der Waals surface area contributed by atoms with E-state index in [2.05, 4.69) is 20.4 Å². The summed E-state index contributed by atoms with van der Waals surface area (Å²) in [5.74, 6) is 6.09. The summed E-state index contributed by atoms with van der Waals surface area (Å²) in [6.45, 7) is 2.17. The Balaban J connectivity index is 1.33. The zero-order chi connectivity index (χ0) is 20.2. The monoisotopic (exact) mass is 412 g/mol. The molecule has 3 N–H and O–H groups in total. The molecule has 0 saturated carbocycles. The van der Waals surface area contributed by atoms with E-state index in [1.807, 2.05) is 24.3 Å². The van der Waals surface area contributed by atoms with Gasteiger partial charge in [0, 0.05) is 30.0 Å². The van der Waals surface area contributed by atoms with Gasteiger partial charge in [0.1, 0.15) is 5.82 Å². The summed E-state index contributed by atoms with van der Waals surface area (Å²) in [6.07, 6.45) is 2.45. The first-order valence-corrected chi connectivity index (χ1v) is 10.3. The largest absolute Gasteiger partial charge is 0.372 e. The molecule has 0 bridgehead atoms. The molecule has 4 rings (SSSR count). The number of amides is 1. The number of aromatic nitrogens is 3. The maximum Gasteiger partial charge on any atom is 0.234 e. The fraction of sp³-hybridized carbons (Fsp3) is 0.250. The van der Waals surface area contributed by atoms with Gasteiger partial charge in [0.15, 0.2) is 5.82 Å². The standard InChI is InChI=1S/C20H21FN6OS/c21-15-5-3-14(4-6-15)19-24-25-20(27(19)22)29-13-18(28)23-16-7-9-17(10-8-16)26-11-1-2-12-26/h3-10H,1-2,11-13,22H2,(H,23,28). The molecular weight excluding hydrogens is 391 g/mol. The second-order valence-corrected chi connectivity index (χ2v) is 7.70. The minimum absolute atomic E-state index is 0.145. The number of hydrogen-bond acceptors (Lipinski definition) is 6. The first-order valence-electron chi connectivity index (χ1n) is 9.34. The van der Waals surface area contributed by atoms with E-state index in [-0.39, 0.29) is 17.5 Å². The van der Waals surface area contributed by atoms with E-state index in [1.54, 1.807) is 12.1 Å². The Kier molecular flexibility index (Phi) is 5.66. The number of hydrogen-bond donors (Lipinski definition) is 2. The van der Waals surface area contributed by atoms with Crippen LogP contribution in [0.25, 0.3) is 11.4 Å². The Hall–Kier alpha value is -3.07. The first kappa shape index (κ1) is 19.3. The molecule has 9 heteroatoms. The second kappa shape index (κ2) is 8.52. The van der Waals surface area contributed by atoms with Crippen molar-refractivity contribution >= 4 is 29.0 Å². The Morgan fingerprint density at radius 3 is 2.45 bits per heavy atom. The lowest BCUT2D eigenvalue weighted by Crippen LogP contribution is -2.18. The number of thioether (sulfide) groups is 1. The molecule has 2 heterocycles. The van der Waals surface area contributed by atoms with E-state index in [9.17, 15) is 9.18 Å². The van der Waals surface area contributed by atoms with Crippen molar-refractivity contribution in [1.82, 2.24) is 14.9 Å². The van der Waals surface area contributed by atoms with Crippen LogP contribution < -0.4 is 16.1 Å². The van der Waals surface area contributed by atoms with E-state index >= 15 is 0 Å². The molecule has 0 radical (unpaired) electrons. The predicted molar refractivity (Wildman–Crippen MR) is 113 cm³/mol.